The van der Waals surface area contributed by atoms with Crippen molar-refractivity contribution in [3.63, 3.8) is 0 Å². The summed E-state index contributed by atoms with van der Waals surface area (Å²) >= 11 is 0. The number of amides is 1. The third-order valence-corrected chi connectivity index (χ3v) is 5.56. The summed E-state index contributed by atoms with van der Waals surface area (Å²) < 4.78 is 5.78. The molecule has 2 aromatic carbocycles. The minimum absolute atomic E-state index is 0.0153. The zero-order valence-corrected chi connectivity index (χ0v) is 17.1. The van der Waals surface area contributed by atoms with Gasteiger partial charge in [0.15, 0.2) is 0 Å². The number of rotatable bonds is 1. The summed E-state index contributed by atoms with van der Waals surface area (Å²) in [6, 6.07) is 15.4. The summed E-state index contributed by atoms with van der Waals surface area (Å²) in [5.74, 6) is 0.755. The molecule has 5 heteroatoms. The summed E-state index contributed by atoms with van der Waals surface area (Å²) in [6.45, 7) is 3.02. The van der Waals surface area contributed by atoms with Gasteiger partial charge in [-0.15, -0.1) is 0 Å². The van der Waals surface area contributed by atoms with Crippen LogP contribution in [0.15, 0.2) is 48.5 Å². The van der Waals surface area contributed by atoms with Crippen molar-refractivity contribution < 1.29 is 19.7 Å². The molecule has 0 saturated carbocycles. The second-order valence-electron chi connectivity index (χ2n) is 7.76. The molecule has 1 aliphatic rings. The molecular formula is C24H31NO4. The van der Waals surface area contributed by atoms with Crippen molar-refractivity contribution in [2.45, 2.75) is 51.2 Å². The Kier molecular flexibility index (Phi) is 7.67. The van der Waals surface area contributed by atoms with Gasteiger partial charge in [0, 0.05) is 18.7 Å². The van der Waals surface area contributed by atoms with Crippen LogP contribution in [-0.4, -0.2) is 52.9 Å². The molecule has 29 heavy (non-hydrogen) atoms. The molecule has 1 aliphatic heterocycles. The minimum atomic E-state index is -0.999. The first-order valence-corrected chi connectivity index (χ1v) is 10.5. The third-order valence-electron chi connectivity index (χ3n) is 5.56. The highest BCUT2D eigenvalue weighted by molar-refractivity contribution is 5.95. The Hall–Kier alpha value is -2.37. The number of ether oxygens (including phenoxy) is 1. The smallest absolute Gasteiger partial charge is 0.254 e. The highest BCUT2D eigenvalue weighted by Crippen LogP contribution is 2.22. The quantitative estimate of drug-likeness (QED) is 0.774. The van der Waals surface area contributed by atoms with Crippen molar-refractivity contribution in [2.75, 3.05) is 19.7 Å². The van der Waals surface area contributed by atoms with Gasteiger partial charge < -0.3 is 19.8 Å². The SMILES string of the molecule is Cc1ccccc1C(=O)N1CCCCCc2ccccc2OC[C@@H](O)[C@@H](O)CC1. The van der Waals surface area contributed by atoms with Gasteiger partial charge in [-0.3, -0.25) is 4.79 Å². The average Bonchev–Trinajstić information content (AvgIpc) is 2.73. The Morgan fingerprint density at radius 3 is 2.55 bits per heavy atom. The second-order valence-corrected chi connectivity index (χ2v) is 7.76. The molecule has 0 radical (unpaired) electrons. The second kappa shape index (κ2) is 10.4. The van der Waals surface area contributed by atoms with Gasteiger partial charge in [0.2, 0.25) is 0 Å². The largest absolute Gasteiger partial charge is 0.491 e. The van der Waals surface area contributed by atoms with E-state index < -0.39 is 12.2 Å². The Morgan fingerprint density at radius 2 is 1.72 bits per heavy atom. The van der Waals surface area contributed by atoms with Gasteiger partial charge >= 0.3 is 0 Å². The monoisotopic (exact) mass is 397 g/mol. The molecule has 1 amide bonds. The number of aliphatic hydroxyl groups is 2. The van der Waals surface area contributed by atoms with E-state index in [9.17, 15) is 15.0 Å². The number of aliphatic hydroxyl groups excluding tert-OH is 2. The zero-order valence-electron chi connectivity index (χ0n) is 17.1. The molecule has 0 saturated heterocycles. The molecule has 0 fully saturated rings. The van der Waals surface area contributed by atoms with Crippen LogP contribution in [0.5, 0.6) is 5.75 Å². The van der Waals surface area contributed by atoms with Crippen LogP contribution in [0.25, 0.3) is 0 Å². The van der Waals surface area contributed by atoms with Gasteiger partial charge in [-0.05, 0) is 55.9 Å². The van der Waals surface area contributed by atoms with Gasteiger partial charge in [0.05, 0.1) is 6.10 Å². The minimum Gasteiger partial charge on any atom is -0.491 e. The molecule has 0 aliphatic carbocycles. The Morgan fingerprint density at radius 1 is 0.966 bits per heavy atom. The molecule has 0 bridgehead atoms. The summed E-state index contributed by atoms with van der Waals surface area (Å²) in [5.41, 5.74) is 2.75. The van der Waals surface area contributed by atoms with E-state index in [2.05, 4.69) is 0 Å². The van der Waals surface area contributed by atoms with E-state index in [-0.39, 0.29) is 12.5 Å². The highest BCUT2D eigenvalue weighted by atomic mass is 16.5. The molecule has 0 spiro atoms. The van der Waals surface area contributed by atoms with Gasteiger partial charge in [-0.25, -0.2) is 0 Å². The molecule has 2 aromatic rings. The van der Waals surface area contributed by atoms with Gasteiger partial charge in [0.1, 0.15) is 18.5 Å². The molecule has 156 valence electrons. The first-order chi connectivity index (χ1) is 14.1. The number of hydrogen-bond acceptors (Lipinski definition) is 4. The van der Waals surface area contributed by atoms with Crippen LogP contribution in [-0.2, 0) is 6.42 Å². The van der Waals surface area contributed by atoms with Crippen LogP contribution < -0.4 is 4.74 Å². The number of carbonyl (C=O) groups excluding carboxylic acids is 1. The Labute approximate surface area is 172 Å². The van der Waals surface area contributed by atoms with E-state index in [1.807, 2.05) is 55.5 Å². The maximum Gasteiger partial charge on any atom is 0.254 e. The normalized spacial score (nSPS) is 21.6. The average molecular weight is 398 g/mol. The molecule has 0 aromatic heterocycles. The third kappa shape index (κ3) is 5.81. The van der Waals surface area contributed by atoms with Crippen LogP contribution in [0.2, 0.25) is 0 Å². The lowest BCUT2D eigenvalue weighted by molar-refractivity contribution is -0.0153. The topological polar surface area (TPSA) is 70.0 Å². The fourth-order valence-electron chi connectivity index (χ4n) is 3.71. The van der Waals surface area contributed by atoms with Crippen LogP contribution >= 0.6 is 0 Å². The van der Waals surface area contributed by atoms with Crippen molar-refractivity contribution in [3.05, 3.63) is 65.2 Å². The molecule has 2 N–H and O–H groups in total. The van der Waals surface area contributed by atoms with E-state index in [4.69, 9.17) is 4.74 Å². The van der Waals surface area contributed by atoms with Crippen molar-refractivity contribution in [1.29, 1.82) is 0 Å². The standard InChI is InChI=1S/C24H31NO4/c1-18-9-4-6-12-20(18)24(28)25-15-8-2-3-10-19-11-5-7-13-23(19)29-17-22(27)21(26)14-16-25/h4-7,9,11-13,21-22,26-27H,2-3,8,10,14-17H2,1H3/t21-,22+/m0/s1. The van der Waals surface area contributed by atoms with Crippen LogP contribution in [0, 0.1) is 6.92 Å². The summed E-state index contributed by atoms with van der Waals surface area (Å²) in [4.78, 5) is 14.9. The maximum atomic E-state index is 13.1. The zero-order chi connectivity index (χ0) is 20.6. The first kappa shape index (κ1) is 21.3. The predicted molar refractivity (Wildman–Crippen MR) is 113 cm³/mol. The van der Waals surface area contributed by atoms with Crippen LogP contribution in [0.3, 0.4) is 0 Å². The molecule has 2 atom stereocenters. The van der Waals surface area contributed by atoms with Crippen molar-refractivity contribution in [1.82, 2.24) is 4.90 Å². The van der Waals surface area contributed by atoms with Crippen molar-refractivity contribution >= 4 is 5.91 Å². The number of nitrogens with zero attached hydrogens (tertiary/aromatic N) is 1. The van der Waals surface area contributed by atoms with E-state index in [1.54, 1.807) is 4.90 Å². The molecular weight excluding hydrogens is 366 g/mol. The molecule has 0 unspecified atom stereocenters. The first-order valence-electron chi connectivity index (χ1n) is 10.5. The predicted octanol–water partition coefficient (Wildman–Crippen LogP) is 3.35. The number of hydrogen-bond donors (Lipinski definition) is 2. The van der Waals surface area contributed by atoms with Gasteiger partial charge in [-0.2, -0.15) is 0 Å². The van der Waals surface area contributed by atoms with Crippen LogP contribution in [0.1, 0.15) is 47.2 Å². The molecule has 5 nitrogen and oxygen atoms in total. The Balaban J connectivity index is 1.72. The number of carbonyl (C=O) groups is 1. The fraction of sp³-hybridized carbons (Fsp3) is 0.458. The Bertz CT molecular complexity index is 807. The van der Waals surface area contributed by atoms with E-state index in [0.29, 0.717) is 25.1 Å². The maximum absolute atomic E-state index is 13.1. The number of fused-ring (bicyclic) bond motifs is 1. The van der Waals surface area contributed by atoms with Crippen molar-refractivity contribution in [3.8, 4) is 5.75 Å². The number of benzene rings is 2. The number of para-hydroxylation sites is 1. The van der Waals surface area contributed by atoms with Gasteiger partial charge in [0.25, 0.3) is 5.91 Å². The number of aryl methyl sites for hydroxylation is 2. The van der Waals surface area contributed by atoms with E-state index in [0.717, 1.165) is 42.6 Å². The van der Waals surface area contributed by atoms with Gasteiger partial charge in [-0.1, -0.05) is 42.8 Å². The van der Waals surface area contributed by atoms with E-state index >= 15 is 0 Å². The highest BCUT2D eigenvalue weighted by Gasteiger charge is 2.22. The summed E-state index contributed by atoms with van der Waals surface area (Å²) in [5, 5.41) is 20.7. The molecule has 3 rings (SSSR count). The van der Waals surface area contributed by atoms with Crippen molar-refractivity contribution in [2.24, 2.45) is 0 Å². The van der Waals surface area contributed by atoms with E-state index in [1.165, 1.54) is 0 Å². The lowest BCUT2D eigenvalue weighted by Gasteiger charge is -2.27. The lowest BCUT2D eigenvalue weighted by atomic mass is 10.0. The van der Waals surface area contributed by atoms with Crippen LogP contribution in [0.4, 0.5) is 0 Å². The lowest BCUT2D eigenvalue weighted by Crippen LogP contribution is -2.39. The summed E-state index contributed by atoms with van der Waals surface area (Å²) in [6.07, 6.45) is 2.18. The molecule has 1 heterocycles. The summed E-state index contributed by atoms with van der Waals surface area (Å²) in [7, 11) is 0. The fourth-order valence-corrected chi connectivity index (χ4v) is 3.71.